The van der Waals surface area contributed by atoms with E-state index < -0.39 is 27.6 Å². The van der Waals surface area contributed by atoms with Crippen molar-refractivity contribution in [3.63, 3.8) is 0 Å². The maximum atomic E-state index is 12.0. The number of hydrogen-bond donors (Lipinski definition) is 0. The van der Waals surface area contributed by atoms with Crippen LogP contribution in [0.2, 0.25) is 0 Å². The predicted octanol–water partition coefficient (Wildman–Crippen LogP) is -0.373. The van der Waals surface area contributed by atoms with Gasteiger partial charge < -0.3 is 9.64 Å². The lowest BCUT2D eigenvalue weighted by molar-refractivity contribution is -0.159. The van der Waals surface area contributed by atoms with Gasteiger partial charge in [-0.2, -0.15) is 0 Å². The monoisotopic (exact) mass is 231 g/mol. The highest BCUT2D eigenvalue weighted by molar-refractivity contribution is 7.87. The summed E-state index contributed by atoms with van der Waals surface area (Å²) in [5.74, 6) is -0.599. The standard InChI is InChI=1S/C9H13NO4S/c1-9(2)7(8(12)14-3)10-5(11)4-6(10)15(9)13/h6-7H,4H2,1-3H3/t6-,7+,15?/m1/s1. The highest BCUT2D eigenvalue weighted by Crippen LogP contribution is 2.43. The quantitative estimate of drug-likeness (QED) is 0.456. The van der Waals surface area contributed by atoms with Crippen LogP contribution in [0.3, 0.4) is 0 Å². The second-order valence-corrected chi connectivity index (χ2v) is 6.48. The van der Waals surface area contributed by atoms with Gasteiger partial charge in [0, 0.05) is 0 Å². The third-order valence-electron chi connectivity index (χ3n) is 3.07. The summed E-state index contributed by atoms with van der Waals surface area (Å²) < 4.78 is 15.9. The van der Waals surface area contributed by atoms with Crippen molar-refractivity contribution in [2.45, 2.75) is 36.4 Å². The lowest BCUT2D eigenvalue weighted by Crippen LogP contribution is -2.57. The molecular formula is C9H13NO4S. The summed E-state index contributed by atoms with van der Waals surface area (Å²) in [5.41, 5.74) is 0. The van der Waals surface area contributed by atoms with Crippen LogP contribution in [0.1, 0.15) is 20.3 Å². The molecule has 2 rings (SSSR count). The maximum absolute atomic E-state index is 12.0. The number of carbonyl (C=O) groups excluding carboxylic acids is 2. The molecule has 0 bridgehead atoms. The number of fused-ring (bicyclic) bond motifs is 1. The molecule has 0 aromatic carbocycles. The Labute approximate surface area is 90.2 Å². The molecule has 0 radical (unpaired) electrons. The van der Waals surface area contributed by atoms with Gasteiger partial charge in [-0.1, -0.05) is 0 Å². The third kappa shape index (κ3) is 1.17. The molecule has 2 aliphatic rings. The van der Waals surface area contributed by atoms with Gasteiger partial charge in [-0.05, 0) is 13.8 Å². The number of hydrogen-bond acceptors (Lipinski definition) is 4. The topological polar surface area (TPSA) is 63.7 Å². The largest absolute Gasteiger partial charge is 0.467 e. The van der Waals surface area contributed by atoms with Crippen LogP contribution in [0, 0.1) is 0 Å². The first-order chi connectivity index (χ1) is 6.91. The van der Waals surface area contributed by atoms with E-state index in [1.54, 1.807) is 13.8 Å². The minimum atomic E-state index is -1.19. The first-order valence-electron chi connectivity index (χ1n) is 4.71. The molecule has 15 heavy (non-hydrogen) atoms. The molecule has 0 saturated carbocycles. The van der Waals surface area contributed by atoms with Crippen LogP contribution >= 0.6 is 0 Å². The highest BCUT2D eigenvalue weighted by Gasteiger charge is 2.63. The number of rotatable bonds is 1. The van der Waals surface area contributed by atoms with Gasteiger partial charge in [-0.25, -0.2) is 4.79 Å². The van der Waals surface area contributed by atoms with Crippen molar-refractivity contribution in [2.24, 2.45) is 0 Å². The Balaban J connectivity index is 2.38. The summed E-state index contributed by atoms with van der Waals surface area (Å²) in [5, 5.41) is -0.295. The smallest absolute Gasteiger partial charge is 0.330 e. The van der Waals surface area contributed by atoms with E-state index in [2.05, 4.69) is 4.74 Å². The number of ether oxygens (including phenoxy) is 1. The maximum Gasteiger partial charge on any atom is 0.330 e. The number of carbonyl (C=O) groups is 2. The lowest BCUT2D eigenvalue weighted by atomic mass is 9.98. The van der Waals surface area contributed by atoms with Crippen LogP contribution in [-0.2, 0) is 25.1 Å². The molecule has 2 saturated heterocycles. The molecule has 0 aromatic heterocycles. The number of β-lactam (4-membered cyclic amide) rings is 1. The Morgan fingerprint density at radius 2 is 2.20 bits per heavy atom. The van der Waals surface area contributed by atoms with Crippen molar-refractivity contribution in [3.05, 3.63) is 0 Å². The van der Waals surface area contributed by atoms with Crippen molar-refractivity contribution in [3.8, 4) is 0 Å². The number of esters is 1. The Kier molecular flexibility index (Phi) is 2.15. The first-order valence-corrected chi connectivity index (χ1v) is 5.92. The van der Waals surface area contributed by atoms with E-state index in [-0.39, 0.29) is 17.7 Å². The van der Waals surface area contributed by atoms with E-state index >= 15 is 0 Å². The van der Waals surface area contributed by atoms with Gasteiger partial charge in [0.2, 0.25) is 5.91 Å². The molecular weight excluding hydrogens is 218 g/mol. The second kappa shape index (κ2) is 3.04. The minimum absolute atomic E-state index is 0.116. The van der Waals surface area contributed by atoms with Gasteiger partial charge in [0.05, 0.1) is 29.1 Å². The molecule has 1 amide bonds. The second-order valence-electron chi connectivity index (χ2n) is 4.29. The average molecular weight is 231 g/mol. The SMILES string of the molecule is COC(=O)[C@@H]1N2C(=O)C[C@H]2S(=O)C1(C)C. The normalized spacial score (nSPS) is 37.1. The van der Waals surface area contributed by atoms with Gasteiger partial charge in [-0.3, -0.25) is 9.00 Å². The van der Waals surface area contributed by atoms with Crippen molar-refractivity contribution >= 4 is 22.7 Å². The molecule has 5 nitrogen and oxygen atoms in total. The highest BCUT2D eigenvalue weighted by atomic mass is 32.2. The van der Waals surface area contributed by atoms with E-state index in [0.717, 1.165) is 0 Å². The Morgan fingerprint density at radius 3 is 2.67 bits per heavy atom. The van der Waals surface area contributed by atoms with Crippen molar-refractivity contribution < 1.29 is 18.5 Å². The van der Waals surface area contributed by atoms with Crippen LogP contribution < -0.4 is 0 Å². The first kappa shape index (κ1) is 10.6. The molecule has 0 aliphatic carbocycles. The summed E-state index contributed by atoms with van der Waals surface area (Å²) in [6.45, 7) is 3.46. The molecule has 3 atom stereocenters. The fourth-order valence-electron chi connectivity index (χ4n) is 2.19. The van der Waals surface area contributed by atoms with Gasteiger partial charge in [0.25, 0.3) is 0 Å². The van der Waals surface area contributed by atoms with Crippen LogP contribution in [0.25, 0.3) is 0 Å². The van der Waals surface area contributed by atoms with Gasteiger partial charge in [0.1, 0.15) is 11.4 Å². The number of amides is 1. The molecule has 1 unspecified atom stereocenters. The zero-order valence-corrected chi connectivity index (χ0v) is 9.67. The Bertz CT molecular complexity index is 365. The molecule has 0 N–H and O–H groups in total. The van der Waals surface area contributed by atoms with Crippen LogP contribution in [0.15, 0.2) is 0 Å². The number of nitrogens with zero attached hydrogens (tertiary/aromatic N) is 1. The molecule has 2 fully saturated rings. The fourth-order valence-corrected chi connectivity index (χ4v) is 4.07. The van der Waals surface area contributed by atoms with Crippen molar-refractivity contribution in [2.75, 3.05) is 7.11 Å². The molecule has 6 heteroatoms. The van der Waals surface area contributed by atoms with Crippen LogP contribution in [0.5, 0.6) is 0 Å². The summed E-state index contributed by atoms with van der Waals surface area (Å²) in [7, 11) is 0.0868. The molecule has 84 valence electrons. The zero-order chi connectivity index (χ0) is 11.4. The van der Waals surface area contributed by atoms with E-state index in [1.165, 1.54) is 12.0 Å². The fraction of sp³-hybridized carbons (Fsp3) is 0.778. The summed E-state index contributed by atoms with van der Waals surface area (Å²) >= 11 is 0. The molecule has 2 aliphatic heterocycles. The van der Waals surface area contributed by atoms with E-state index in [9.17, 15) is 13.8 Å². The lowest BCUT2D eigenvalue weighted by Gasteiger charge is -2.36. The third-order valence-corrected chi connectivity index (χ3v) is 5.22. The van der Waals surface area contributed by atoms with E-state index in [0.29, 0.717) is 0 Å². The minimum Gasteiger partial charge on any atom is -0.467 e. The average Bonchev–Trinajstić information content (AvgIpc) is 2.33. The Morgan fingerprint density at radius 1 is 1.60 bits per heavy atom. The van der Waals surface area contributed by atoms with Crippen molar-refractivity contribution in [1.82, 2.24) is 4.90 Å². The van der Waals surface area contributed by atoms with Crippen LogP contribution in [-0.4, -0.2) is 44.3 Å². The molecule has 0 aromatic rings. The van der Waals surface area contributed by atoms with Crippen LogP contribution in [0.4, 0.5) is 0 Å². The molecule has 0 spiro atoms. The van der Waals surface area contributed by atoms with Gasteiger partial charge in [0.15, 0.2) is 0 Å². The predicted molar refractivity (Wildman–Crippen MR) is 53.3 cm³/mol. The van der Waals surface area contributed by atoms with Gasteiger partial charge >= 0.3 is 5.97 Å². The zero-order valence-electron chi connectivity index (χ0n) is 8.85. The van der Waals surface area contributed by atoms with Gasteiger partial charge in [-0.15, -0.1) is 0 Å². The Hall–Kier alpha value is -0.910. The van der Waals surface area contributed by atoms with E-state index in [1.807, 2.05) is 0 Å². The number of methoxy groups -OCH3 is 1. The summed E-state index contributed by atoms with van der Waals surface area (Å²) in [6.07, 6.45) is 0.281. The molecule has 2 heterocycles. The van der Waals surface area contributed by atoms with E-state index in [4.69, 9.17) is 0 Å². The van der Waals surface area contributed by atoms with Crippen molar-refractivity contribution in [1.29, 1.82) is 0 Å². The summed E-state index contributed by atoms with van der Waals surface area (Å²) in [6, 6.07) is -0.699. The summed E-state index contributed by atoms with van der Waals surface area (Å²) in [4.78, 5) is 24.3.